The number of ether oxygens (including phenoxy) is 1. The molecule has 0 spiro atoms. The summed E-state index contributed by atoms with van der Waals surface area (Å²) in [6.45, 7) is 5.95. The van der Waals surface area contributed by atoms with E-state index >= 15 is 0 Å². The second-order valence-corrected chi connectivity index (χ2v) is 5.71. The van der Waals surface area contributed by atoms with E-state index in [1.54, 1.807) is 7.11 Å². The van der Waals surface area contributed by atoms with E-state index in [0.717, 1.165) is 17.9 Å². The number of ketones is 1. The lowest BCUT2D eigenvalue weighted by atomic mass is 10.1. The fourth-order valence-electron chi connectivity index (χ4n) is 2.30. The zero-order chi connectivity index (χ0) is 13.8. The molecule has 0 aliphatic heterocycles. The number of hydrogen-bond acceptors (Lipinski definition) is 3. The SMILES string of the molecule is COc1ccc(C(=O)CN(CC(C)C)C2CC2)cc1. The van der Waals surface area contributed by atoms with E-state index in [1.165, 1.54) is 12.8 Å². The first-order valence-electron chi connectivity index (χ1n) is 7.01. The number of nitrogens with zero attached hydrogens (tertiary/aromatic N) is 1. The Morgan fingerprint density at radius 3 is 2.42 bits per heavy atom. The van der Waals surface area contributed by atoms with Crippen LogP contribution in [0.3, 0.4) is 0 Å². The summed E-state index contributed by atoms with van der Waals surface area (Å²) in [4.78, 5) is 14.6. The Morgan fingerprint density at radius 1 is 1.32 bits per heavy atom. The van der Waals surface area contributed by atoms with Crippen LogP contribution in [-0.4, -0.2) is 36.9 Å². The molecule has 1 aliphatic carbocycles. The molecule has 1 aliphatic rings. The highest BCUT2D eigenvalue weighted by Gasteiger charge is 2.30. The van der Waals surface area contributed by atoms with Gasteiger partial charge < -0.3 is 4.74 Å². The van der Waals surface area contributed by atoms with Crippen LogP contribution < -0.4 is 4.74 Å². The summed E-state index contributed by atoms with van der Waals surface area (Å²) in [5.74, 6) is 1.59. The van der Waals surface area contributed by atoms with E-state index in [1.807, 2.05) is 24.3 Å². The third-order valence-corrected chi connectivity index (χ3v) is 3.42. The normalized spacial score (nSPS) is 15.0. The highest BCUT2D eigenvalue weighted by atomic mass is 16.5. The molecule has 0 unspecified atom stereocenters. The number of carbonyl (C=O) groups excluding carboxylic acids is 1. The van der Waals surface area contributed by atoms with E-state index in [2.05, 4.69) is 18.7 Å². The third-order valence-electron chi connectivity index (χ3n) is 3.42. The molecule has 0 N–H and O–H groups in total. The van der Waals surface area contributed by atoms with Gasteiger partial charge in [-0.3, -0.25) is 9.69 Å². The van der Waals surface area contributed by atoms with Crippen LogP contribution >= 0.6 is 0 Å². The lowest BCUT2D eigenvalue weighted by Crippen LogP contribution is -2.34. The molecule has 1 aromatic rings. The van der Waals surface area contributed by atoms with Crippen molar-refractivity contribution in [2.45, 2.75) is 32.7 Å². The predicted octanol–water partition coefficient (Wildman–Crippen LogP) is 3.00. The minimum Gasteiger partial charge on any atom is -0.497 e. The van der Waals surface area contributed by atoms with E-state index in [-0.39, 0.29) is 5.78 Å². The summed E-state index contributed by atoms with van der Waals surface area (Å²) in [5, 5.41) is 0. The molecule has 1 aromatic carbocycles. The van der Waals surface area contributed by atoms with Crippen LogP contribution in [0.5, 0.6) is 5.75 Å². The van der Waals surface area contributed by atoms with Crippen LogP contribution in [0.2, 0.25) is 0 Å². The van der Waals surface area contributed by atoms with Crippen LogP contribution in [0.15, 0.2) is 24.3 Å². The van der Waals surface area contributed by atoms with Gasteiger partial charge in [0.25, 0.3) is 0 Å². The van der Waals surface area contributed by atoms with Gasteiger partial charge in [0.1, 0.15) is 5.75 Å². The molecular formula is C16H23NO2. The standard InChI is InChI=1S/C16H23NO2/c1-12(2)10-17(14-6-7-14)11-16(18)13-4-8-15(19-3)9-5-13/h4-5,8-9,12,14H,6-7,10-11H2,1-3H3. The second kappa shape index (κ2) is 6.20. The summed E-state index contributed by atoms with van der Waals surface area (Å²) in [7, 11) is 1.63. The van der Waals surface area contributed by atoms with Gasteiger partial charge in [-0.25, -0.2) is 0 Å². The molecule has 1 fully saturated rings. The van der Waals surface area contributed by atoms with Crippen molar-refractivity contribution in [2.75, 3.05) is 20.2 Å². The first-order valence-corrected chi connectivity index (χ1v) is 7.01. The van der Waals surface area contributed by atoms with Gasteiger partial charge in [0.05, 0.1) is 13.7 Å². The van der Waals surface area contributed by atoms with Gasteiger partial charge in [0, 0.05) is 18.2 Å². The maximum atomic E-state index is 12.3. The van der Waals surface area contributed by atoms with Crippen LogP contribution in [0, 0.1) is 5.92 Å². The zero-order valence-electron chi connectivity index (χ0n) is 12.1. The van der Waals surface area contributed by atoms with Crippen molar-refractivity contribution < 1.29 is 9.53 Å². The van der Waals surface area contributed by atoms with E-state index < -0.39 is 0 Å². The molecule has 0 atom stereocenters. The van der Waals surface area contributed by atoms with Gasteiger partial charge >= 0.3 is 0 Å². The number of hydrogen-bond donors (Lipinski definition) is 0. The smallest absolute Gasteiger partial charge is 0.176 e. The third kappa shape index (κ3) is 4.06. The summed E-state index contributed by atoms with van der Waals surface area (Å²) in [5.41, 5.74) is 0.773. The number of benzene rings is 1. The molecule has 19 heavy (non-hydrogen) atoms. The summed E-state index contributed by atoms with van der Waals surface area (Å²) >= 11 is 0. The molecule has 3 heteroatoms. The largest absolute Gasteiger partial charge is 0.497 e. The summed E-state index contributed by atoms with van der Waals surface area (Å²) in [6.07, 6.45) is 2.48. The van der Waals surface area contributed by atoms with E-state index in [9.17, 15) is 4.79 Å². The van der Waals surface area contributed by atoms with Gasteiger partial charge in [0.15, 0.2) is 5.78 Å². The average Bonchev–Trinajstić information content (AvgIpc) is 3.21. The first kappa shape index (κ1) is 14.1. The zero-order valence-corrected chi connectivity index (χ0v) is 12.1. The maximum Gasteiger partial charge on any atom is 0.176 e. The molecule has 0 radical (unpaired) electrons. The van der Waals surface area contributed by atoms with Gasteiger partial charge in [-0.05, 0) is 43.0 Å². The van der Waals surface area contributed by atoms with Crippen molar-refractivity contribution in [3.63, 3.8) is 0 Å². The molecule has 0 bridgehead atoms. The summed E-state index contributed by atoms with van der Waals surface area (Å²) in [6, 6.07) is 8.02. The molecule has 3 nitrogen and oxygen atoms in total. The monoisotopic (exact) mass is 261 g/mol. The van der Waals surface area contributed by atoms with Crippen LogP contribution in [-0.2, 0) is 0 Å². The first-order chi connectivity index (χ1) is 9.10. The highest BCUT2D eigenvalue weighted by molar-refractivity contribution is 5.97. The van der Waals surface area contributed by atoms with E-state index in [4.69, 9.17) is 4.74 Å². The van der Waals surface area contributed by atoms with Crippen molar-refractivity contribution in [1.82, 2.24) is 4.90 Å². The molecular weight excluding hydrogens is 238 g/mol. The van der Waals surface area contributed by atoms with Gasteiger partial charge in [-0.15, -0.1) is 0 Å². The van der Waals surface area contributed by atoms with Crippen molar-refractivity contribution in [3.8, 4) is 5.75 Å². The number of carbonyl (C=O) groups is 1. The highest BCUT2D eigenvalue weighted by Crippen LogP contribution is 2.27. The maximum absolute atomic E-state index is 12.3. The molecule has 1 saturated carbocycles. The lowest BCUT2D eigenvalue weighted by Gasteiger charge is -2.23. The minimum atomic E-state index is 0.204. The Hall–Kier alpha value is -1.35. The Labute approximate surface area is 115 Å². The number of methoxy groups -OCH3 is 1. The Morgan fingerprint density at radius 2 is 1.95 bits per heavy atom. The Balaban J connectivity index is 1.97. The van der Waals surface area contributed by atoms with Crippen LogP contribution in [0.1, 0.15) is 37.0 Å². The second-order valence-electron chi connectivity index (χ2n) is 5.71. The van der Waals surface area contributed by atoms with Gasteiger partial charge in [-0.1, -0.05) is 13.8 Å². The van der Waals surface area contributed by atoms with E-state index in [0.29, 0.717) is 18.5 Å². The molecule has 0 heterocycles. The lowest BCUT2D eigenvalue weighted by molar-refractivity contribution is 0.0915. The average molecular weight is 261 g/mol. The van der Waals surface area contributed by atoms with Gasteiger partial charge in [-0.2, -0.15) is 0 Å². The van der Waals surface area contributed by atoms with Crippen molar-refractivity contribution in [2.24, 2.45) is 5.92 Å². The molecule has 0 amide bonds. The minimum absolute atomic E-state index is 0.204. The molecule has 2 rings (SSSR count). The van der Waals surface area contributed by atoms with Gasteiger partial charge in [0.2, 0.25) is 0 Å². The number of Topliss-reactive ketones (excluding diaryl/α,β-unsaturated/α-hetero) is 1. The fourth-order valence-corrected chi connectivity index (χ4v) is 2.30. The molecule has 0 saturated heterocycles. The Bertz CT molecular complexity index is 421. The Kier molecular flexibility index (Phi) is 4.59. The van der Waals surface area contributed by atoms with Crippen molar-refractivity contribution in [3.05, 3.63) is 29.8 Å². The fraction of sp³-hybridized carbons (Fsp3) is 0.562. The quantitative estimate of drug-likeness (QED) is 0.707. The summed E-state index contributed by atoms with van der Waals surface area (Å²) < 4.78 is 5.11. The van der Waals surface area contributed by atoms with Crippen molar-refractivity contribution in [1.29, 1.82) is 0 Å². The molecule has 0 aromatic heterocycles. The number of rotatable bonds is 7. The van der Waals surface area contributed by atoms with Crippen LogP contribution in [0.4, 0.5) is 0 Å². The van der Waals surface area contributed by atoms with Crippen molar-refractivity contribution >= 4 is 5.78 Å². The predicted molar refractivity (Wildman–Crippen MR) is 76.8 cm³/mol. The van der Waals surface area contributed by atoms with Crippen LogP contribution in [0.25, 0.3) is 0 Å². The molecule has 104 valence electrons. The topological polar surface area (TPSA) is 29.5 Å².